The molecule has 142 valence electrons. The minimum Gasteiger partial charge on any atom is -0.370 e. The van der Waals surface area contributed by atoms with Gasteiger partial charge in [0.25, 0.3) is 5.91 Å². The Hall–Kier alpha value is -1.24. The van der Waals surface area contributed by atoms with Gasteiger partial charge in [0.2, 0.25) is 0 Å². The molecule has 5 nitrogen and oxygen atoms in total. The maximum atomic E-state index is 12.6. The molecule has 3 saturated heterocycles. The van der Waals surface area contributed by atoms with Crippen molar-refractivity contribution in [1.82, 2.24) is 15.2 Å². The lowest BCUT2D eigenvalue weighted by Gasteiger charge is -2.29. The number of rotatable bonds is 5. The lowest BCUT2D eigenvalue weighted by Crippen LogP contribution is -2.41. The first-order valence-electron chi connectivity index (χ1n) is 9.64. The second-order valence-corrected chi connectivity index (χ2v) is 9.57. The van der Waals surface area contributed by atoms with Crippen LogP contribution in [0.3, 0.4) is 0 Å². The molecule has 0 unspecified atom stereocenters. The van der Waals surface area contributed by atoms with Crippen LogP contribution >= 0.6 is 11.3 Å². The van der Waals surface area contributed by atoms with Gasteiger partial charge < -0.3 is 10.1 Å². The number of hydrogen-bond donors (Lipinski definition) is 1. The van der Waals surface area contributed by atoms with E-state index < -0.39 is 0 Å². The zero-order valence-electron chi connectivity index (χ0n) is 16.2. The van der Waals surface area contributed by atoms with E-state index in [2.05, 4.69) is 35.1 Å². The van der Waals surface area contributed by atoms with Crippen LogP contribution in [0, 0.1) is 25.7 Å². The second kappa shape index (κ2) is 6.73. The van der Waals surface area contributed by atoms with Gasteiger partial charge in [-0.2, -0.15) is 0 Å². The lowest BCUT2D eigenvalue weighted by atomic mass is 9.73. The normalized spacial score (nSPS) is 32.7. The standard InChI is InChI=1S/C20H29N3O2S/c1-12(2)6-8-23-10-16-15(17-5-7-20(16,11-23)25-17)9-21-19(24)18-13(3)22-14(4)26-18/h6,15-17H,5,7-11H2,1-4H3,(H,21,24)/t15-,16+,17+,20+/m0/s1. The Labute approximate surface area is 159 Å². The van der Waals surface area contributed by atoms with E-state index in [-0.39, 0.29) is 11.5 Å². The highest BCUT2D eigenvalue weighted by atomic mass is 32.1. The summed E-state index contributed by atoms with van der Waals surface area (Å²) in [7, 11) is 0. The van der Waals surface area contributed by atoms with Gasteiger partial charge in [0, 0.05) is 38.0 Å². The molecule has 0 aromatic carbocycles. The first kappa shape index (κ1) is 18.1. The third-order valence-corrected chi connectivity index (χ3v) is 7.29. The van der Waals surface area contributed by atoms with E-state index in [4.69, 9.17) is 4.74 Å². The predicted molar refractivity (Wildman–Crippen MR) is 104 cm³/mol. The van der Waals surface area contributed by atoms with Crippen molar-refractivity contribution >= 4 is 17.2 Å². The van der Waals surface area contributed by atoms with Gasteiger partial charge in [-0.1, -0.05) is 11.6 Å². The number of nitrogens with one attached hydrogen (secondary N) is 1. The number of amides is 1. The van der Waals surface area contributed by atoms with Crippen LogP contribution < -0.4 is 5.32 Å². The van der Waals surface area contributed by atoms with Gasteiger partial charge in [-0.3, -0.25) is 9.69 Å². The number of allylic oxidation sites excluding steroid dienone is 1. The van der Waals surface area contributed by atoms with Crippen LogP contribution in [0.1, 0.15) is 47.1 Å². The minimum atomic E-state index is 0.0179. The van der Waals surface area contributed by atoms with Crippen molar-refractivity contribution in [1.29, 1.82) is 0 Å². The zero-order valence-corrected chi connectivity index (χ0v) is 17.0. The maximum absolute atomic E-state index is 12.6. The van der Waals surface area contributed by atoms with Crippen LogP contribution in [0.2, 0.25) is 0 Å². The molecule has 1 aromatic rings. The number of fused-ring (bicyclic) bond motifs is 1. The number of aromatic nitrogens is 1. The van der Waals surface area contributed by atoms with Crippen LogP contribution in [0.4, 0.5) is 0 Å². The first-order valence-corrected chi connectivity index (χ1v) is 10.5. The van der Waals surface area contributed by atoms with Crippen LogP contribution in [0.15, 0.2) is 11.6 Å². The first-order chi connectivity index (χ1) is 12.4. The molecule has 4 rings (SSSR count). The van der Waals surface area contributed by atoms with Crippen molar-refractivity contribution < 1.29 is 9.53 Å². The largest absolute Gasteiger partial charge is 0.370 e. The third-order valence-electron chi connectivity index (χ3n) is 6.22. The van der Waals surface area contributed by atoms with Gasteiger partial charge in [0.05, 0.1) is 22.4 Å². The molecule has 26 heavy (non-hydrogen) atoms. The van der Waals surface area contributed by atoms with Crippen molar-refractivity contribution in [2.75, 3.05) is 26.2 Å². The van der Waals surface area contributed by atoms with Gasteiger partial charge in [-0.15, -0.1) is 11.3 Å². The molecular formula is C20H29N3O2S. The Morgan fingerprint density at radius 1 is 1.46 bits per heavy atom. The molecule has 4 heterocycles. The summed E-state index contributed by atoms with van der Waals surface area (Å²) in [5, 5.41) is 4.12. The molecule has 2 bridgehead atoms. The average Bonchev–Trinajstić information content (AvgIpc) is 3.29. The lowest BCUT2D eigenvalue weighted by molar-refractivity contribution is 0.00364. The van der Waals surface area contributed by atoms with Crippen LogP contribution in [-0.4, -0.2) is 53.7 Å². The number of carbonyl (C=O) groups excluding carboxylic acids is 1. The summed E-state index contributed by atoms with van der Waals surface area (Å²) in [6.07, 6.45) is 4.92. The second-order valence-electron chi connectivity index (χ2n) is 8.36. The Morgan fingerprint density at radius 2 is 2.27 bits per heavy atom. The molecule has 3 aliphatic heterocycles. The highest BCUT2D eigenvalue weighted by Gasteiger charge is 2.62. The Balaban J connectivity index is 1.41. The fraction of sp³-hybridized carbons (Fsp3) is 0.700. The molecule has 1 N–H and O–H groups in total. The fourth-order valence-corrected chi connectivity index (χ4v) is 5.88. The summed E-state index contributed by atoms with van der Waals surface area (Å²) in [4.78, 5) is 20.2. The molecule has 3 aliphatic rings. The molecule has 4 atom stereocenters. The van der Waals surface area contributed by atoms with E-state index in [0.717, 1.165) is 41.6 Å². The van der Waals surface area contributed by atoms with Crippen LogP contribution in [0.25, 0.3) is 0 Å². The topological polar surface area (TPSA) is 54.5 Å². The number of hydrogen-bond acceptors (Lipinski definition) is 5. The van der Waals surface area contributed by atoms with Gasteiger partial charge >= 0.3 is 0 Å². The number of carbonyl (C=O) groups is 1. The molecule has 0 radical (unpaired) electrons. The molecule has 1 spiro atoms. The van der Waals surface area contributed by atoms with E-state index >= 15 is 0 Å². The number of thiazole rings is 1. The summed E-state index contributed by atoms with van der Waals surface area (Å²) >= 11 is 1.48. The van der Waals surface area contributed by atoms with E-state index in [0.29, 0.717) is 24.5 Å². The summed E-state index contributed by atoms with van der Waals surface area (Å²) in [5.41, 5.74) is 2.23. The van der Waals surface area contributed by atoms with E-state index in [1.807, 2.05) is 13.8 Å². The highest BCUT2D eigenvalue weighted by Crippen LogP contribution is 2.54. The Morgan fingerprint density at radius 3 is 2.96 bits per heavy atom. The summed E-state index contributed by atoms with van der Waals surface area (Å²) in [5.74, 6) is 0.986. The molecule has 6 heteroatoms. The van der Waals surface area contributed by atoms with Crippen LogP contribution in [0.5, 0.6) is 0 Å². The molecule has 0 saturated carbocycles. The van der Waals surface area contributed by atoms with Crippen molar-refractivity contribution in [3.05, 3.63) is 27.2 Å². The zero-order chi connectivity index (χ0) is 18.5. The number of aryl methyl sites for hydroxylation is 2. The van der Waals surface area contributed by atoms with Crippen molar-refractivity contribution in [3.8, 4) is 0 Å². The van der Waals surface area contributed by atoms with Crippen molar-refractivity contribution in [3.63, 3.8) is 0 Å². The van der Waals surface area contributed by atoms with Gasteiger partial charge in [0.15, 0.2) is 0 Å². The minimum absolute atomic E-state index is 0.0179. The Bertz CT molecular complexity index is 739. The Kier molecular flexibility index (Phi) is 4.70. The quantitative estimate of drug-likeness (QED) is 0.804. The molecule has 3 fully saturated rings. The molecule has 0 aliphatic carbocycles. The SMILES string of the molecule is CC(C)=CCN1C[C@@H]2[C@H](CNC(=O)c3sc(C)nc3C)[C@H]3CC[C@]2(C1)O3. The van der Waals surface area contributed by atoms with E-state index in [1.54, 1.807) is 0 Å². The highest BCUT2D eigenvalue weighted by molar-refractivity contribution is 7.13. The monoisotopic (exact) mass is 375 g/mol. The van der Waals surface area contributed by atoms with Crippen molar-refractivity contribution in [2.24, 2.45) is 11.8 Å². The molecular weight excluding hydrogens is 346 g/mol. The fourth-order valence-electron chi connectivity index (χ4n) is 5.04. The predicted octanol–water partition coefficient (Wildman–Crippen LogP) is 2.94. The maximum Gasteiger partial charge on any atom is 0.263 e. The van der Waals surface area contributed by atoms with E-state index in [1.165, 1.54) is 23.3 Å². The van der Waals surface area contributed by atoms with Gasteiger partial charge in [-0.25, -0.2) is 4.98 Å². The van der Waals surface area contributed by atoms with Gasteiger partial charge in [-0.05, 0) is 40.5 Å². The number of likely N-dealkylation sites (tertiary alicyclic amines) is 1. The summed E-state index contributed by atoms with van der Waals surface area (Å²) < 4.78 is 6.48. The molecule has 1 aromatic heterocycles. The third kappa shape index (κ3) is 3.12. The average molecular weight is 376 g/mol. The van der Waals surface area contributed by atoms with E-state index in [9.17, 15) is 4.79 Å². The molecule has 1 amide bonds. The number of nitrogens with zero attached hydrogens (tertiary/aromatic N) is 2. The number of ether oxygens (including phenoxy) is 1. The summed E-state index contributed by atoms with van der Waals surface area (Å²) in [6.45, 7) is 12.0. The smallest absolute Gasteiger partial charge is 0.263 e. The van der Waals surface area contributed by atoms with Gasteiger partial charge in [0.1, 0.15) is 4.88 Å². The summed E-state index contributed by atoms with van der Waals surface area (Å²) in [6, 6.07) is 0. The van der Waals surface area contributed by atoms with Crippen LogP contribution in [-0.2, 0) is 4.74 Å². The van der Waals surface area contributed by atoms with Crippen molar-refractivity contribution in [2.45, 2.75) is 52.2 Å².